The number of aryl methyl sites for hydroxylation is 1. The normalized spacial score (nSPS) is 26.1. The first kappa shape index (κ1) is 15.9. The van der Waals surface area contributed by atoms with Crippen molar-refractivity contribution < 1.29 is 9.53 Å². The van der Waals surface area contributed by atoms with Crippen LogP contribution in [0.5, 0.6) is 5.75 Å². The van der Waals surface area contributed by atoms with E-state index in [-0.39, 0.29) is 6.04 Å². The largest absolute Gasteiger partial charge is 0.493 e. The number of carbonyl (C=O) groups is 1. The van der Waals surface area contributed by atoms with Gasteiger partial charge >= 0.3 is 0 Å². The van der Waals surface area contributed by atoms with E-state index in [0.29, 0.717) is 17.9 Å². The van der Waals surface area contributed by atoms with Gasteiger partial charge in [0.15, 0.2) is 0 Å². The lowest BCUT2D eigenvalue weighted by molar-refractivity contribution is -0.133. The van der Waals surface area contributed by atoms with Crippen molar-refractivity contribution in [2.75, 3.05) is 26.2 Å². The molecule has 1 aromatic heterocycles. The van der Waals surface area contributed by atoms with Crippen LogP contribution in [0.15, 0.2) is 18.3 Å². The molecule has 5 nitrogen and oxygen atoms in total. The second-order valence-corrected chi connectivity index (χ2v) is 7.49. The minimum Gasteiger partial charge on any atom is -0.493 e. The Labute approximate surface area is 144 Å². The summed E-state index contributed by atoms with van der Waals surface area (Å²) in [5.41, 5.74) is 0.988. The number of piperidine rings is 1. The molecule has 0 aromatic carbocycles. The van der Waals surface area contributed by atoms with Gasteiger partial charge in [0, 0.05) is 30.5 Å². The number of amides is 1. The van der Waals surface area contributed by atoms with Gasteiger partial charge in [0.05, 0.1) is 12.6 Å². The lowest BCUT2D eigenvalue weighted by Gasteiger charge is -2.35. The van der Waals surface area contributed by atoms with E-state index in [1.807, 2.05) is 19.1 Å². The lowest BCUT2D eigenvalue weighted by atomic mass is 9.96. The standard InChI is InChI=1S/C19H27N3O2/c1-14-12-17(4-8-20-14)24-13-15-5-9-21(10-6-15)18-7-11-22(19(18)23)16-2-3-16/h4,8,12,15-16,18H,2-3,5-7,9-11,13H2,1H3. The Morgan fingerprint density at radius 2 is 1.96 bits per heavy atom. The molecule has 1 unspecified atom stereocenters. The highest BCUT2D eigenvalue weighted by Gasteiger charge is 2.43. The number of nitrogens with zero attached hydrogens (tertiary/aromatic N) is 3. The third kappa shape index (κ3) is 3.41. The zero-order valence-electron chi connectivity index (χ0n) is 14.5. The average Bonchev–Trinajstić information content (AvgIpc) is 3.36. The highest BCUT2D eigenvalue weighted by Crippen LogP contribution is 2.33. The maximum Gasteiger partial charge on any atom is 0.240 e. The average molecular weight is 329 g/mol. The Morgan fingerprint density at radius 1 is 1.17 bits per heavy atom. The summed E-state index contributed by atoms with van der Waals surface area (Å²) in [5.74, 6) is 1.89. The predicted molar refractivity (Wildman–Crippen MR) is 91.9 cm³/mol. The van der Waals surface area contributed by atoms with Crippen molar-refractivity contribution in [3.8, 4) is 5.75 Å². The number of hydrogen-bond donors (Lipinski definition) is 0. The fourth-order valence-electron chi connectivity index (χ4n) is 4.03. The van der Waals surface area contributed by atoms with E-state index in [2.05, 4.69) is 14.8 Å². The van der Waals surface area contributed by atoms with Gasteiger partial charge in [-0.25, -0.2) is 0 Å². The van der Waals surface area contributed by atoms with Crippen LogP contribution in [-0.4, -0.2) is 59.0 Å². The van der Waals surface area contributed by atoms with Gasteiger partial charge in [0.2, 0.25) is 5.91 Å². The van der Waals surface area contributed by atoms with E-state index >= 15 is 0 Å². The van der Waals surface area contributed by atoms with Crippen LogP contribution in [0.25, 0.3) is 0 Å². The number of rotatable bonds is 5. The van der Waals surface area contributed by atoms with Crippen LogP contribution >= 0.6 is 0 Å². The number of pyridine rings is 1. The van der Waals surface area contributed by atoms with Crippen molar-refractivity contribution in [3.63, 3.8) is 0 Å². The summed E-state index contributed by atoms with van der Waals surface area (Å²) in [7, 11) is 0. The van der Waals surface area contributed by atoms with Crippen LogP contribution in [0.2, 0.25) is 0 Å². The van der Waals surface area contributed by atoms with Gasteiger partial charge in [-0.05, 0) is 64.1 Å². The van der Waals surface area contributed by atoms with E-state index in [1.165, 1.54) is 12.8 Å². The Morgan fingerprint density at radius 3 is 2.67 bits per heavy atom. The van der Waals surface area contributed by atoms with Gasteiger partial charge in [0.25, 0.3) is 0 Å². The Hall–Kier alpha value is -1.62. The smallest absolute Gasteiger partial charge is 0.240 e. The first-order valence-corrected chi connectivity index (χ1v) is 9.30. The third-order valence-electron chi connectivity index (χ3n) is 5.64. The summed E-state index contributed by atoms with van der Waals surface area (Å²) < 4.78 is 5.93. The van der Waals surface area contributed by atoms with Gasteiger partial charge in [-0.2, -0.15) is 0 Å². The number of hydrogen-bond acceptors (Lipinski definition) is 4. The molecule has 1 aliphatic carbocycles. The number of likely N-dealkylation sites (tertiary alicyclic amines) is 2. The first-order chi connectivity index (χ1) is 11.7. The SMILES string of the molecule is Cc1cc(OCC2CCN(C3CCN(C4CC4)C3=O)CC2)ccn1. The molecular formula is C19H27N3O2. The summed E-state index contributed by atoms with van der Waals surface area (Å²) >= 11 is 0. The van der Waals surface area contributed by atoms with Gasteiger partial charge in [-0.1, -0.05) is 0 Å². The van der Waals surface area contributed by atoms with Crippen LogP contribution in [-0.2, 0) is 4.79 Å². The molecule has 1 atom stereocenters. The van der Waals surface area contributed by atoms with E-state index < -0.39 is 0 Å². The molecule has 0 radical (unpaired) electrons. The molecular weight excluding hydrogens is 302 g/mol. The molecule has 1 amide bonds. The lowest BCUT2D eigenvalue weighted by Crippen LogP contribution is -2.46. The van der Waals surface area contributed by atoms with Crippen molar-refractivity contribution >= 4 is 5.91 Å². The molecule has 5 heteroatoms. The van der Waals surface area contributed by atoms with E-state index in [4.69, 9.17) is 4.74 Å². The van der Waals surface area contributed by atoms with Gasteiger partial charge in [0.1, 0.15) is 5.75 Å². The fraction of sp³-hybridized carbons (Fsp3) is 0.684. The highest BCUT2D eigenvalue weighted by molar-refractivity contribution is 5.84. The molecule has 1 saturated carbocycles. The Balaban J connectivity index is 1.24. The number of aromatic nitrogens is 1. The van der Waals surface area contributed by atoms with E-state index in [1.54, 1.807) is 6.20 Å². The van der Waals surface area contributed by atoms with Crippen molar-refractivity contribution in [2.24, 2.45) is 5.92 Å². The quantitative estimate of drug-likeness (QED) is 0.831. The predicted octanol–water partition coefficient (Wildman–Crippen LogP) is 2.24. The highest BCUT2D eigenvalue weighted by atomic mass is 16.5. The van der Waals surface area contributed by atoms with Crippen LogP contribution in [0.1, 0.15) is 37.8 Å². The van der Waals surface area contributed by atoms with Crippen LogP contribution < -0.4 is 4.74 Å². The van der Waals surface area contributed by atoms with Crippen molar-refractivity contribution in [2.45, 2.75) is 51.1 Å². The van der Waals surface area contributed by atoms with Gasteiger partial charge in [-0.15, -0.1) is 0 Å². The zero-order chi connectivity index (χ0) is 16.5. The van der Waals surface area contributed by atoms with Crippen LogP contribution in [0, 0.1) is 12.8 Å². The summed E-state index contributed by atoms with van der Waals surface area (Å²) in [5, 5.41) is 0. The number of ether oxygens (including phenoxy) is 1. The van der Waals surface area contributed by atoms with Crippen molar-refractivity contribution in [3.05, 3.63) is 24.0 Å². The molecule has 3 fully saturated rings. The summed E-state index contributed by atoms with van der Waals surface area (Å²) in [4.78, 5) is 21.3. The molecule has 0 N–H and O–H groups in total. The Kier molecular flexibility index (Phi) is 4.44. The molecule has 0 bridgehead atoms. The monoisotopic (exact) mass is 329 g/mol. The molecule has 0 spiro atoms. The summed E-state index contributed by atoms with van der Waals surface area (Å²) in [6.45, 7) is 5.77. The second-order valence-electron chi connectivity index (χ2n) is 7.49. The Bertz CT molecular complexity index is 594. The topological polar surface area (TPSA) is 45.7 Å². The molecule has 24 heavy (non-hydrogen) atoms. The molecule has 3 heterocycles. The summed E-state index contributed by atoms with van der Waals surface area (Å²) in [6.07, 6.45) is 7.49. The molecule has 2 aliphatic heterocycles. The minimum atomic E-state index is 0.148. The summed E-state index contributed by atoms with van der Waals surface area (Å²) in [6, 6.07) is 4.62. The van der Waals surface area contributed by atoms with Gasteiger partial charge < -0.3 is 9.64 Å². The molecule has 2 saturated heterocycles. The minimum absolute atomic E-state index is 0.148. The van der Waals surface area contributed by atoms with Crippen molar-refractivity contribution in [1.29, 1.82) is 0 Å². The third-order valence-corrected chi connectivity index (χ3v) is 5.64. The van der Waals surface area contributed by atoms with Crippen molar-refractivity contribution in [1.82, 2.24) is 14.8 Å². The molecule has 1 aromatic rings. The molecule has 3 aliphatic rings. The fourth-order valence-corrected chi connectivity index (χ4v) is 4.03. The molecule has 4 rings (SSSR count). The van der Waals surface area contributed by atoms with Gasteiger partial charge in [-0.3, -0.25) is 14.7 Å². The maximum atomic E-state index is 12.6. The maximum absolute atomic E-state index is 12.6. The van der Waals surface area contributed by atoms with E-state index in [0.717, 1.165) is 56.9 Å². The number of carbonyl (C=O) groups excluding carboxylic acids is 1. The first-order valence-electron chi connectivity index (χ1n) is 9.30. The van der Waals surface area contributed by atoms with E-state index in [9.17, 15) is 4.79 Å². The van der Waals surface area contributed by atoms with Crippen LogP contribution in [0.4, 0.5) is 0 Å². The zero-order valence-corrected chi connectivity index (χ0v) is 14.5. The van der Waals surface area contributed by atoms with Crippen LogP contribution in [0.3, 0.4) is 0 Å². The molecule has 130 valence electrons. The second kappa shape index (κ2) is 6.71.